The van der Waals surface area contributed by atoms with Crippen molar-refractivity contribution in [2.45, 2.75) is 25.0 Å². The van der Waals surface area contributed by atoms with Crippen LogP contribution in [0.2, 0.25) is 0 Å². The molecule has 2 N–H and O–H groups in total. The van der Waals surface area contributed by atoms with Crippen LogP contribution in [0.3, 0.4) is 0 Å². The maximum Gasteiger partial charge on any atom is 0.216 e. The monoisotopic (exact) mass is 316 g/mol. The van der Waals surface area contributed by atoms with Gasteiger partial charge in [-0.05, 0) is 42.0 Å². The number of hydrogen-bond donors (Lipinski definition) is 2. The molecule has 2 aromatic rings. The van der Waals surface area contributed by atoms with Crippen molar-refractivity contribution >= 4 is 28.6 Å². The number of allylic oxidation sites excluding steroid dienone is 1. The van der Waals surface area contributed by atoms with Crippen molar-refractivity contribution in [2.24, 2.45) is 0 Å². The van der Waals surface area contributed by atoms with Crippen LogP contribution in [0.5, 0.6) is 5.75 Å². The summed E-state index contributed by atoms with van der Waals surface area (Å²) in [6.07, 6.45) is 4.07. The standard InChI is InChI=1S/C17H20N2O2S/c1-11(20)18-8-7-13-14-10-12(21-2)5-6-15(14)19-17(13)16-4-3-9-22-16/h3,5-6,9-10,16,19H,4,7-8H2,1-2H3,(H,18,20). The van der Waals surface area contributed by atoms with E-state index < -0.39 is 0 Å². The van der Waals surface area contributed by atoms with E-state index in [1.165, 1.54) is 16.6 Å². The number of rotatable bonds is 5. The second-order valence-corrected chi connectivity index (χ2v) is 6.51. The minimum atomic E-state index is 0.0101. The Morgan fingerprint density at radius 1 is 1.50 bits per heavy atom. The molecular formula is C17H20N2O2S. The highest BCUT2D eigenvalue weighted by Gasteiger charge is 2.21. The number of carbonyl (C=O) groups is 1. The van der Waals surface area contributed by atoms with Crippen LogP contribution in [0, 0.1) is 0 Å². The van der Waals surface area contributed by atoms with Gasteiger partial charge in [0.15, 0.2) is 0 Å². The van der Waals surface area contributed by atoms with Crippen LogP contribution < -0.4 is 10.1 Å². The van der Waals surface area contributed by atoms with E-state index in [0.29, 0.717) is 11.8 Å². The molecule has 2 heterocycles. The zero-order valence-corrected chi connectivity index (χ0v) is 13.6. The zero-order chi connectivity index (χ0) is 15.5. The Morgan fingerprint density at radius 3 is 3.05 bits per heavy atom. The first-order chi connectivity index (χ1) is 10.7. The molecule has 0 saturated heterocycles. The van der Waals surface area contributed by atoms with Gasteiger partial charge in [0.25, 0.3) is 0 Å². The van der Waals surface area contributed by atoms with E-state index in [2.05, 4.69) is 33.9 Å². The van der Waals surface area contributed by atoms with Gasteiger partial charge in [-0.25, -0.2) is 0 Å². The maximum atomic E-state index is 11.1. The van der Waals surface area contributed by atoms with Gasteiger partial charge < -0.3 is 15.0 Å². The van der Waals surface area contributed by atoms with Crippen LogP contribution in [0.15, 0.2) is 29.7 Å². The Hall–Kier alpha value is -1.88. The molecule has 1 aromatic carbocycles. The van der Waals surface area contributed by atoms with Crippen molar-refractivity contribution in [3.63, 3.8) is 0 Å². The number of methoxy groups -OCH3 is 1. The van der Waals surface area contributed by atoms with Gasteiger partial charge >= 0.3 is 0 Å². The van der Waals surface area contributed by atoms with Gasteiger partial charge in [-0.15, -0.1) is 11.8 Å². The van der Waals surface area contributed by atoms with Crippen LogP contribution in [0.25, 0.3) is 10.9 Å². The lowest BCUT2D eigenvalue weighted by molar-refractivity contribution is -0.118. The second kappa shape index (κ2) is 6.48. The Balaban J connectivity index is 1.98. The summed E-state index contributed by atoms with van der Waals surface area (Å²) in [5.74, 6) is 0.868. The van der Waals surface area contributed by atoms with Crippen LogP contribution in [0.4, 0.5) is 0 Å². The molecule has 5 heteroatoms. The van der Waals surface area contributed by atoms with Crippen LogP contribution >= 0.6 is 11.8 Å². The van der Waals surface area contributed by atoms with E-state index in [0.717, 1.165) is 24.1 Å². The number of benzene rings is 1. The van der Waals surface area contributed by atoms with Gasteiger partial charge in [0, 0.05) is 30.1 Å². The molecule has 3 rings (SSSR count). The predicted molar refractivity (Wildman–Crippen MR) is 91.3 cm³/mol. The molecule has 0 fully saturated rings. The quantitative estimate of drug-likeness (QED) is 0.887. The molecule has 22 heavy (non-hydrogen) atoms. The van der Waals surface area contributed by atoms with Gasteiger partial charge in [-0.2, -0.15) is 0 Å². The number of hydrogen-bond acceptors (Lipinski definition) is 3. The zero-order valence-electron chi connectivity index (χ0n) is 12.8. The third-order valence-electron chi connectivity index (χ3n) is 3.91. The number of aromatic nitrogens is 1. The van der Waals surface area contributed by atoms with Gasteiger partial charge in [0.05, 0.1) is 12.4 Å². The van der Waals surface area contributed by atoms with Gasteiger partial charge in [0.2, 0.25) is 5.91 Å². The van der Waals surface area contributed by atoms with Crippen LogP contribution in [-0.4, -0.2) is 24.5 Å². The molecular weight excluding hydrogens is 296 g/mol. The number of aromatic amines is 1. The molecule has 0 saturated carbocycles. The molecule has 4 nitrogen and oxygen atoms in total. The molecule has 1 aromatic heterocycles. The van der Waals surface area contributed by atoms with E-state index in [9.17, 15) is 4.79 Å². The Bertz CT molecular complexity index is 713. The van der Waals surface area contributed by atoms with Crippen LogP contribution in [-0.2, 0) is 11.2 Å². The summed E-state index contributed by atoms with van der Waals surface area (Å²) >= 11 is 1.84. The summed E-state index contributed by atoms with van der Waals surface area (Å²) in [5, 5.41) is 6.67. The lowest BCUT2D eigenvalue weighted by atomic mass is 10.0. The average molecular weight is 316 g/mol. The van der Waals surface area contributed by atoms with E-state index in [1.54, 1.807) is 14.0 Å². The minimum Gasteiger partial charge on any atom is -0.497 e. The van der Waals surface area contributed by atoms with Gasteiger partial charge in [-0.1, -0.05) is 6.08 Å². The highest BCUT2D eigenvalue weighted by Crippen LogP contribution is 2.42. The van der Waals surface area contributed by atoms with Crippen molar-refractivity contribution in [2.75, 3.05) is 13.7 Å². The minimum absolute atomic E-state index is 0.0101. The molecule has 1 aliphatic heterocycles. The summed E-state index contributed by atoms with van der Waals surface area (Å²) in [4.78, 5) is 14.7. The van der Waals surface area contributed by atoms with E-state index in [4.69, 9.17) is 4.74 Å². The van der Waals surface area contributed by atoms with Gasteiger partial charge in [-0.3, -0.25) is 4.79 Å². The fraction of sp³-hybridized carbons (Fsp3) is 0.353. The molecule has 0 bridgehead atoms. The highest BCUT2D eigenvalue weighted by atomic mass is 32.2. The smallest absolute Gasteiger partial charge is 0.216 e. The molecule has 1 unspecified atom stereocenters. The molecule has 1 atom stereocenters. The molecule has 0 spiro atoms. The Morgan fingerprint density at radius 2 is 2.36 bits per heavy atom. The van der Waals surface area contributed by atoms with Crippen molar-refractivity contribution in [1.29, 1.82) is 0 Å². The fourth-order valence-electron chi connectivity index (χ4n) is 2.85. The fourth-order valence-corrected chi connectivity index (χ4v) is 3.82. The third kappa shape index (κ3) is 2.99. The number of ether oxygens (including phenoxy) is 1. The van der Waals surface area contributed by atoms with Crippen molar-refractivity contribution in [3.8, 4) is 5.75 Å². The number of thioether (sulfide) groups is 1. The maximum absolute atomic E-state index is 11.1. The van der Waals surface area contributed by atoms with Crippen molar-refractivity contribution < 1.29 is 9.53 Å². The topological polar surface area (TPSA) is 54.1 Å². The number of nitrogens with one attached hydrogen (secondary N) is 2. The number of fused-ring (bicyclic) bond motifs is 1. The van der Waals surface area contributed by atoms with Crippen molar-refractivity contribution in [3.05, 3.63) is 40.9 Å². The first-order valence-electron chi connectivity index (χ1n) is 7.42. The number of amides is 1. The normalized spacial score (nSPS) is 17.1. The largest absolute Gasteiger partial charge is 0.497 e. The summed E-state index contributed by atoms with van der Waals surface area (Å²) in [6.45, 7) is 2.20. The Labute approximate surface area is 134 Å². The van der Waals surface area contributed by atoms with Gasteiger partial charge in [0.1, 0.15) is 5.75 Å². The Kier molecular flexibility index (Phi) is 4.43. The lowest BCUT2D eigenvalue weighted by Gasteiger charge is -2.11. The summed E-state index contributed by atoms with van der Waals surface area (Å²) in [5.41, 5.74) is 3.67. The second-order valence-electron chi connectivity index (χ2n) is 5.39. The number of H-pyrrole nitrogens is 1. The number of carbonyl (C=O) groups excluding carboxylic acids is 1. The highest BCUT2D eigenvalue weighted by molar-refractivity contribution is 8.02. The molecule has 0 aliphatic carbocycles. The van der Waals surface area contributed by atoms with E-state index in [1.807, 2.05) is 17.8 Å². The first-order valence-corrected chi connectivity index (χ1v) is 8.36. The SMILES string of the molecule is COc1ccc2[nH]c(C3CC=CS3)c(CCNC(C)=O)c2c1. The summed E-state index contributed by atoms with van der Waals surface area (Å²) in [7, 11) is 1.68. The predicted octanol–water partition coefficient (Wildman–Crippen LogP) is 3.55. The van der Waals surface area contributed by atoms with Crippen LogP contribution in [0.1, 0.15) is 29.9 Å². The molecule has 1 aliphatic rings. The van der Waals surface area contributed by atoms with E-state index in [-0.39, 0.29) is 5.91 Å². The third-order valence-corrected chi connectivity index (χ3v) is 5.01. The molecule has 0 radical (unpaired) electrons. The summed E-state index contributed by atoms with van der Waals surface area (Å²) in [6, 6.07) is 6.11. The first kappa shape index (κ1) is 15.0. The van der Waals surface area contributed by atoms with Crippen molar-refractivity contribution in [1.82, 2.24) is 10.3 Å². The van der Waals surface area contributed by atoms with E-state index >= 15 is 0 Å². The average Bonchev–Trinajstić information content (AvgIpc) is 3.14. The summed E-state index contributed by atoms with van der Waals surface area (Å²) < 4.78 is 5.35. The molecule has 1 amide bonds. The lowest BCUT2D eigenvalue weighted by Crippen LogP contribution is -2.22. The molecule has 116 valence electrons.